The third kappa shape index (κ3) is 10.3. The minimum absolute atomic E-state index is 0.00598. The number of unbranched alkanes of at least 4 members (excludes halogenated alkanes) is 7. The molecule has 1 saturated heterocycles. The smallest absolute Gasteiger partial charge is 0.157 e. The Morgan fingerprint density at radius 2 is 1.70 bits per heavy atom. The van der Waals surface area contributed by atoms with Gasteiger partial charge in [0.15, 0.2) is 6.29 Å². The molecule has 1 fully saturated rings. The van der Waals surface area contributed by atoms with Crippen LogP contribution in [-0.2, 0) is 9.47 Å². The summed E-state index contributed by atoms with van der Waals surface area (Å²) >= 11 is 0. The molecule has 0 aliphatic carbocycles. The Balaban J connectivity index is 1.74. The van der Waals surface area contributed by atoms with Gasteiger partial charge in [-0.3, -0.25) is 0 Å². The van der Waals surface area contributed by atoms with Crippen molar-refractivity contribution in [1.29, 1.82) is 0 Å². The van der Waals surface area contributed by atoms with Crippen molar-refractivity contribution < 1.29 is 14.6 Å². The van der Waals surface area contributed by atoms with Crippen molar-refractivity contribution in [1.82, 2.24) is 0 Å². The summed E-state index contributed by atoms with van der Waals surface area (Å²) < 4.78 is 11.2. The number of ether oxygens (including phenoxy) is 2. The lowest BCUT2D eigenvalue weighted by atomic mass is 10.1. The van der Waals surface area contributed by atoms with Gasteiger partial charge in [-0.25, -0.2) is 0 Å². The second-order valence-electron chi connectivity index (χ2n) is 5.40. The normalized spacial score (nSPS) is 18.6. The van der Waals surface area contributed by atoms with Crippen LogP contribution in [-0.4, -0.2) is 31.2 Å². The predicted octanol–water partition coefficient (Wildman–Crippen LogP) is 3.65. The largest absolute Gasteiger partial charge is 0.384 e. The Hall–Kier alpha value is -0.560. The van der Waals surface area contributed by atoms with Gasteiger partial charge < -0.3 is 14.6 Å². The standard InChI is InChI=1S/C17H30O3/c18-14-10-7-5-3-1-2-4-6-8-11-15-19-17-13-9-12-16-20-17/h17-18H,1-6,8-9,11-16H2. The van der Waals surface area contributed by atoms with E-state index in [0.29, 0.717) is 0 Å². The highest BCUT2D eigenvalue weighted by Crippen LogP contribution is 2.14. The fourth-order valence-electron chi connectivity index (χ4n) is 2.40. The van der Waals surface area contributed by atoms with E-state index in [0.717, 1.165) is 38.9 Å². The SMILES string of the molecule is OCC#CCCCCCCCCCOC1CCCCO1. The minimum atomic E-state index is -0.00598. The fourth-order valence-corrected chi connectivity index (χ4v) is 2.40. The first kappa shape index (κ1) is 17.5. The van der Waals surface area contributed by atoms with E-state index < -0.39 is 0 Å². The van der Waals surface area contributed by atoms with E-state index in [2.05, 4.69) is 11.8 Å². The molecule has 0 bridgehead atoms. The molecule has 0 aromatic heterocycles. The second kappa shape index (κ2) is 13.4. The molecule has 1 heterocycles. The molecule has 1 rings (SSSR count). The zero-order valence-corrected chi connectivity index (χ0v) is 12.7. The van der Waals surface area contributed by atoms with Gasteiger partial charge in [0.1, 0.15) is 6.61 Å². The number of aliphatic hydroxyl groups is 1. The van der Waals surface area contributed by atoms with Crippen LogP contribution in [0, 0.1) is 11.8 Å². The Morgan fingerprint density at radius 3 is 2.40 bits per heavy atom. The average Bonchev–Trinajstić information content (AvgIpc) is 2.49. The Bertz CT molecular complexity index is 261. The summed E-state index contributed by atoms with van der Waals surface area (Å²) in [7, 11) is 0. The number of hydrogen-bond donors (Lipinski definition) is 1. The van der Waals surface area contributed by atoms with E-state index in [1.807, 2.05) is 0 Å². The van der Waals surface area contributed by atoms with Crippen LogP contribution in [0.1, 0.15) is 70.6 Å². The summed E-state index contributed by atoms with van der Waals surface area (Å²) in [6.07, 6.45) is 13.2. The Morgan fingerprint density at radius 1 is 0.950 bits per heavy atom. The summed E-state index contributed by atoms with van der Waals surface area (Å²) in [6, 6.07) is 0. The van der Waals surface area contributed by atoms with Gasteiger partial charge in [0.25, 0.3) is 0 Å². The van der Waals surface area contributed by atoms with Gasteiger partial charge in [-0.15, -0.1) is 5.92 Å². The summed E-state index contributed by atoms with van der Waals surface area (Å²) in [4.78, 5) is 0. The molecule has 0 saturated carbocycles. The van der Waals surface area contributed by atoms with Crippen molar-refractivity contribution in [3.05, 3.63) is 0 Å². The first-order chi connectivity index (χ1) is 9.93. The molecule has 3 nitrogen and oxygen atoms in total. The van der Waals surface area contributed by atoms with Crippen molar-refractivity contribution in [2.24, 2.45) is 0 Å². The molecule has 1 atom stereocenters. The van der Waals surface area contributed by atoms with Crippen LogP contribution < -0.4 is 0 Å². The maximum Gasteiger partial charge on any atom is 0.157 e. The van der Waals surface area contributed by atoms with Crippen molar-refractivity contribution in [3.8, 4) is 11.8 Å². The molecule has 0 amide bonds. The summed E-state index contributed by atoms with van der Waals surface area (Å²) in [5.74, 6) is 5.64. The van der Waals surface area contributed by atoms with Gasteiger partial charge in [0.05, 0.1) is 0 Å². The van der Waals surface area contributed by atoms with Gasteiger partial charge >= 0.3 is 0 Å². The van der Waals surface area contributed by atoms with E-state index in [-0.39, 0.29) is 12.9 Å². The van der Waals surface area contributed by atoms with Crippen LogP contribution in [0.15, 0.2) is 0 Å². The summed E-state index contributed by atoms with van der Waals surface area (Å²) in [5, 5.41) is 8.50. The molecular formula is C17H30O3. The van der Waals surface area contributed by atoms with Crippen molar-refractivity contribution in [2.75, 3.05) is 19.8 Å². The van der Waals surface area contributed by atoms with Crippen molar-refractivity contribution in [3.63, 3.8) is 0 Å². The minimum Gasteiger partial charge on any atom is -0.384 e. The van der Waals surface area contributed by atoms with E-state index >= 15 is 0 Å². The number of hydrogen-bond acceptors (Lipinski definition) is 3. The highest BCUT2D eigenvalue weighted by atomic mass is 16.7. The monoisotopic (exact) mass is 282 g/mol. The Kier molecular flexibility index (Phi) is 11.7. The van der Waals surface area contributed by atoms with E-state index in [4.69, 9.17) is 14.6 Å². The van der Waals surface area contributed by atoms with Crippen LogP contribution >= 0.6 is 0 Å². The van der Waals surface area contributed by atoms with E-state index in [9.17, 15) is 0 Å². The number of rotatable bonds is 10. The van der Waals surface area contributed by atoms with Crippen LogP contribution in [0.4, 0.5) is 0 Å². The molecule has 0 aromatic rings. The van der Waals surface area contributed by atoms with E-state index in [1.165, 1.54) is 44.9 Å². The summed E-state index contributed by atoms with van der Waals surface area (Å²) in [6.45, 7) is 1.71. The summed E-state index contributed by atoms with van der Waals surface area (Å²) in [5.41, 5.74) is 0. The van der Waals surface area contributed by atoms with Crippen LogP contribution in [0.25, 0.3) is 0 Å². The van der Waals surface area contributed by atoms with Gasteiger partial charge in [-0.2, -0.15) is 0 Å². The average molecular weight is 282 g/mol. The molecule has 0 aromatic carbocycles. The highest BCUT2D eigenvalue weighted by molar-refractivity contribution is 4.98. The predicted molar refractivity (Wildman–Crippen MR) is 81.3 cm³/mol. The lowest BCUT2D eigenvalue weighted by Gasteiger charge is -2.22. The first-order valence-electron chi connectivity index (χ1n) is 8.23. The lowest BCUT2D eigenvalue weighted by Crippen LogP contribution is -2.22. The second-order valence-corrected chi connectivity index (χ2v) is 5.40. The third-order valence-electron chi connectivity index (χ3n) is 3.59. The van der Waals surface area contributed by atoms with Crippen LogP contribution in [0.3, 0.4) is 0 Å². The molecule has 0 spiro atoms. The van der Waals surface area contributed by atoms with Crippen LogP contribution in [0.2, 0.25) is 0 Å². The van der Waals surface area contributed by atoms with Gasteiger partial charge in [0, 0.05) is 19.6 Å². The quantitative estimate of drug-likeness (QED) is 0.491. The topological polar surface area (TPSA) is 38.7 Å². The molecule has 0 radical (unpaired) electrons. The lowest BCUT2D eigenvalue weighted by molar-refractivity contribution is -0.162. The molecule has 20 heavy (non-hydrogen) atoms. The van der Waals surface area contributed by atoms with Gasteiger partial charge in [-0.05, 0) is 32.1 Å². The highest BCUT2D eigenvalue weighted by Gasteiger charge is 2.13. The van der Waals surface area contributed by atoms with Crippen molar-refractivity contribution >= 4 is 0 Å². The van der Waals surface area contributed by atoms with E-state index in [1.54, 1.807) is 0 Å². The third-order valence-corrected chi connectivity index (χ3v) is 3.59. The zero-order valence-electron chi connectivity index (χ0n) is 12.7. The zero-order chi connectivity index (χ0) is 14.3. The van der Waals surface area contributed by atoms with Crippen LogP contribution in [0.5, 0.6) is 0 Å². The molecule has 1 aliphatic heterocycles. The van der Waals surface area contributed by atoms with Gasteiger partial charge in [-0.1, -0.05) is 38.0 Å². The van der Waals surface area contributed by atoms with Gasteiger partial charge in [0.2, 0.25) is 0 Å². The molecule has 1 N–H and O–H groups in total. The molecular weight excluding hydrogens is 252 g/mol. The molecule has 1 unspecified atom stereocenters. The molecule has 1 aliphatic rings. The Labute approximate surface area is 124 Å². The molecule has 116 valence electrons. The maximum absolute atomic E-state index is 8.50. The number of aliphatic hydroxyl groups excluding tert-OH is 1. The van der Waals surface area contributed by atoms with Crippen molar-refractivity contribution in [2.45, 2.75) is 76.9 Å². The maximum atomic E-state index is 8.50. The fraction of sp³-hybridized carbons (Fsp3) is 0.882. The first-order valence-corrected chi connectivity index (χ1v) is 8.23. The molecule has 3 heteroatoms.